The van der Waals surface area contributed by atoms with Crippen LogP contribution in [-0.2, 0) is 29.2 Å². The fourth-order valence-electron chi connectivity index (χ4n) is 2.11. The van der Waals surface area contributed by atoms with Gasteiger partial charge in [0.25, 0.3) is 0 Å². The van der Waals surface area contributed by atoms with E-state index in [1.54, 1.807) is 53.7 Å². The molecule has 0 atom stereocenters. The molecule has 0 aromatic heterocycles. The number of ether oxygens (including phenoxy) is 2. The lowest BCUT2D eigenvalue weighted by atomic mass is 10.1. The van der Waals surface area contributed by atoms with Crippen LogP contribution in [0.5, 0.6) is 0 Å². The molecular weight excluding hydrogens is 336 g/mol. The number of nitrogens with one attached hydrogen (secondary N) is 2. The van der Waals surface area contributed by atoms with Crippen molar-refractivity contribution in [1.29, 1.82) is 0 Å². The second kappa shape index (κ2) is 8.89. The molecule has 0 heterocycles. The molecule has 2 amide bonds. The van der Waals surface area contributed by atoms with Crippen LogP contribution in [0.25, 0.3) is 0 Å². The highest BCUT2D eigenvalue weighted by Crippen LogP contribution is 2.13. The molecule has 1 rings (SSSR count). The lowest BCUT2D eigenvalue weighted by Crippen LogP contribution is -2.32. The summed E-state index contributed by atoms with van der Waals surface area (Å²) in [6, 6.07) is 5.41. The van der Waals surface area contributed by atoms with E-state index in [-0.39, 0.29) is 19.7 Å². The van der Waals surface area contributed by atoms with E-state index in [9.17, 15) is 14.7 Å². The van der Waals surface area contributed by atoms with Gasteiger partial charge in [0.1, 0.15) is 11.2 Å². The van der Waals surface area contributed by atoms with Crippen LogP contribution in [-0.4, -0.2) is 28.5 Å². The van der Waals surface area contributed by atoms with Crippen LogP contribution < -0.4 is 10.6 Å². The summed E-state index contributed by atoms with van der Waals surface area (Å²) in [5, 5.41) is 14.8. The molecular formula is C19H30N2O5. The number of aliphatic hydroxyl groups is 1. The Morgan fingerprint density at radius 3 is 1.46 bits per heavy atom. The summed E-state index contributed by atoms with van der Waals surface area (Å²) < 4.78 is 10.4. The Bertz CT molecular complexity index is 580. The number of amides is 2. The summed E-state index contributed by atoms with van der Waals surface area (Å²) in [7, 11) is 0. The highest BCUT2D eigenvalue weighted by atomic mass is 16.6. The highest BCUT2D eigenvalue weighted by Gasteiger charge is 2.17. The molecule has 0 aliphatic heterocycles. The van der Waals surface area contributed by atoms with Gasteiger partial charge in [0.15, 0.2) is 0 Å². The minimum absolute atomic E-state index is 0.139. The molecule has 146 valence electrons. The van der Waals surface area contributed by atoms with Gasteiger partial charge in [-0.2, -0.15) is 0 Å². The Labute approximate surface area is 155 Å². The first-order chi connectivity index (χ1) is 11.9. The van der Waals surface area contributed by atoms with E-state index in [0.717, 1.165) is 11.1 Å². The largest absolute Gasteiger partial charge is 0.444 e. The molecule has 1 aromatic rings. The summed E-state index contributed by atoms with van der Waals surface area (Å²) in [4.78, 5) is 23.5. The van der Waals surface area contributed by atoms with Crippen LogP contribution in [0.15, 0.2) is 18.2 Å². The predicted molar refractivity (Wildman–Crippen MR) is 98.5 cm³/mol. The second-order valence-corrected chi connectivity index (χ2v) is 8.03. The number of carbonyl (C=O) groups excluding carboxylic acids is 2. The SMILES string of the molecule is CC(C)(C)OC(=O)NCc1cc(CO)cc(CNC(=O)OC(C)(C)C)c1. The summed E-state index contributed by atoms with van der Waals surface area (Å²) in [6.07, 6.45) is -1.03. The number of rotatable bonds is 5. The van der Waals surface area contributed by atoms with Crippen LogP contribution in [0.2, 0.25) is 0 Å². The zero-order chi connectivity index (χ0) is 20.0. The van der Waals surface area contributed by atoms with Gasteiger partial charge in [-0.15, -0.1) is 0 Å². The maximum Gasteiger partial charge on any atom is 0.407 e. The number of benzene rings is 1. The van der Waals surface area contributed by atoms with E-state index in [1.807, 2.05) is 6.07 Å². The van der Waals surface area contributed by atoms with Crippen molar-refractivity contribution in [3.05, 3.63) is 34.9 Å². The Balaban J connectivity index is 2.70. The predicted octanol–water partition coefficient (Wildman–Crippen LogP) is 3.23. The zero-order valence-corrected chi connectivity index (χ0v) is 16.4. The maximum absolute atomic E-state index is 11.8. The fourth-order valence-corrected chi connectivity index (χ4v) is 2.11. The van der Waals surface area contributed by atoms with Crippen molar-refractivity contribution >= 4 is 12.2 Å². The van der Waals surface area contributed by atoms with Gasteiger partial charge in [0.05, 0.1) is 6.61 Å². The zero-order valence-electron chi connectivity index (χ0n) is 16.4. The van der Waals surface area contributed by atoms with E-state index in [4.69, 9.17) is 9.47 Å². The van der Waals surface area contributed by atoms with E-state index < -0.39 is 23.4 Å². The quantitative estimate of drug-likeness (QED) is 0.743. The summed E-state index contributed by atoms with van der Waals surface area (Å²) in [5.74, 6) is 0. The molecule has 0 aliphatic carbocycles. The molecule has 0 radical (unpaired) electrons. The first-order valence-corrected chi connectivity index (χ1v) is 8.54. The second-order valence-electron chi connectivity index (χ2n) is 8.03. The number of hydrogen-bond donors (Lipinski definition) is 3. The first-order valence-electron chi connectivity index (χ1n) is 8.54. The Morgan fingerprint density at radius 2 is 1.15 bits per heavy atom. The van der Waals surface area contributed by atoms with Gasteiger partial charge in [0.2, 0.25) is 0 Å². The van der Waals surface area contributed by atoms with Crippen molar-refractivity contribution in [1.82, 2.24) is 10.6 Å². The van der Waals surface area contributed by atoms with Gasteiger partial charge >= 0.3 is 12.2 Å². The van der Waals surface area contributed by atoms with E-state index in [1.165, 1.54) is 0 Å². The third-order valence-electron chi connectivity index (χ3n) is 2.97. The van der Waals surface area contributed by atoms with Crippen LogP contribution in [0.1, 0.15) is 58.2 Å². The van der Waals surface area contributed by atoms with Crippen LogP contribution >= 0.6 is 0 Å². The van der Waals surface area contributed by atoms with Crippen LogP contribution in [0, 0.1) is 0 Å². The van der Waals surface area contributed by atoms with E-state index >= 15 is 0 Å². The summed E-state index contributed by atoms with van der Waals surface area (Å²) >= 11 is 0. The third kappa shape index (κ3) is 9.27. The van der Waals surface area contributed by atoms with Gasteiger partial charge in [-0.25, -0.2) is 9.59 Å². The minimum Gasteiger partial charge on any atom is -0.444 e. The van der Waals surface area contributed by atoms with Crippen molar-refractivity contribution < 1.29 is 24.2 Å². The Hall–Kier alpha value is -2.28. The van der Waals surface area contributed by atoms with Crippen molar-refractivity contribution in [3.63, 3.8) is 0 Å². The Kier molecular flexibility index (Phi) is 7.44. The van der Waals surface area contributed by atoms with Gasteiger partial charge < -0.3 is 25.2 Å². The van der Waals surface area contributed by atoms with Crippen LogP contribution in [0.3, 0.4) is 0 Å². The molecule has 3 N–H and O–H groups in total. The molecule has 26 heavy (non-hydrogen) atoms. The molecule has 0 bridgehead atoms. The molecule has 0 spiro atoms. The highest BCUT2D eigenvalue weighted by molar-refractivity contribution is 5.68. The molecule has 0 unspecified atom stereocenters. The van der Waals surface area contributed by atoms with Gasteiger partial charge in [-0.3, -0.25) is 0 Å². The van der Waals surface area contributed by atoms with Crippen molar-refractivity contribution in [3.8, 4) is 0 Å². The Morgan fingerprint density at radius 1 is 0.808 bits per heavy atom. The minimum atomic E-state index is -0.570. The average Bonchev–Trinajstić information content (AvgIpc) is 2.47. The molecule has 0 saturated heterocycles. The summed E-state index contributed by atoms with van der Waals surface area (Å²) in [6.45, 7) is 11.1. The molecule has 0 aliphatic rings. The van der Waals surface area contributed by atoms with Crippen LogP contribution in [0.4, 0.5) is 9.59 Å². The van der Waals surface area contributed by atoms with E-state index in [2.05, 4.69) is 10.6 Å². The van der Waals surface area contributed by atoms with E-state index in [0.29, 0.717) is 5.56 Å². The first kappa shape index (κ1) is 21.8. The van der Waals surface area contributed by atoms with Gasteiger partial charge in [-0.1, -0.05) is 18.2 Å². The topological polar surface area (TPSA) is 96.9 Å². The standard InChI is InChI=1S/C19H30N2O5/c1-18(2,3)25-16(23)20-10-13-7-14(9-15(8-13)12-22)11-21-17(24)26-19(4,5)6/h7-9,22H,10-12H2,1-6H3,(H,20,23)(H,21,24). The molecule has 0 saturated carbocycles. The average molecular weight is 366 g/mol. The van der Waals surface area contributed by atoms with Gasteiger partial charge in [-0.05, 0) is 58.2 Å². The normalized spacial score (nSPS) is 11.7. The lowest BCUT2D eigenvalue weighted by Gasteiger charge is -2.20. The number of aliphatic hydroxyl groups excluding tert-OH is 1. The number of alkyl carbamates (subject to hydrolysis) is 2. The molecule has 7 nitrogen and oxygen atoms in total. The monoisotopic (exact) mass is 366 g/mol. The number of carbonyl (C=O) groups is 2. The van der Waals surface area contributed by atoms with Crippen molar-refractivity contribution in [2.45, 2.75) is 72.4 Å². The van der Waals surface area contributed by atoms with Crippen molar-refractivity contribution in [2.75, 3.05) is 0 Å². The fraction of sp³-hybridized carbons (Fsp3) is 0.579. The molecule has 7 heteroatoms. The maximum atomic E-state index is 11.8. The number of hydrogen-bond acceptors (Lipinski definition) is 5. The smallest absolute Gasteiger partial charge is 0.407 e. The molecule has 0 fully saturated rings. The van der Waals surface area contributed by atoms with Gasteiger partial charge in [0, 0.05) is 13.1 Å². The third-order valence-corrected chi connectivity index (χ3v) is 2.97. The van der Waals surface area contributed by atoms with Crippen molar-refractivity contribution in [2.24, 2.45) is 0 Å². The molecule has 1 aromatic carbocycles. The summed E-state index contributed by atoms with van der Waals surface area (Å²) in [5.41, 5.74) is 1.14. The lowest BCUT2D eigenvalue weighted by molar-refractivity contribution is 0.0513.